The molecule has 1 fully saturated rings. The van der Waals surface area contributed by atoms with Crippen molar-refractivity contribution in [1.82, 2.24) is 19.7 Å². The van der Waals surface area contributed by atoms with E-state index in [0.29, 0.717) is 35.8 Å². The summed E-state index contributed by atoms with van der Waals surface area (Å²) in [6.07, 6.45) is 8.96. The third-order valence-electron chi connectivity index (χ3n) is 7.22. The van der Waals surface area contributed by atoms with Crippen molar-refractivity contribution in [2.24, 2.45) is 7.05 Å². The number of anilines is 1. The molecule has 0 saturated carbocycles. The van der Waals surface area contributed by atoms with Crippen molar-refractivity contribution in [1.29, 1.82) is 0 Å². The molecule has 1 N–H and O–H groups in total. The van der Waals surface area contributed by atoms with Crippen molar-refractivity contribution in [3.8, 4) is 11.1 Å². The molecule has 2 amide bonds. The Morgan fingerprint density at radius 3 is 2.35 bits per heavy atom. The molecule has 5 rings (SSSR count). The highest BCUT2D eigenvalue weighted by Crippen LogP contribution is 2.31. The van der Waals surface area contributed by atoms with E-state index in [1.165, 1.54) is 5.56 Å². The molecule has 7 nitrogen and oxygen atoms in total. The van der Waals surface area contributed by atoms with Crippen molar-refractivity contribution in [3.63, 3.8) is 0 Å². The van der Waals surface area contributed by atoms with E-state index in [0.717, 1.165) is 35.1 Å². The fourth-order valence-electron chi connectivity index (χ4n) is 4.90. The summed E-state index contributed by atoms with van der Waals surface area (Å²) in [6.45, 7) is 5.21. The van der Waals surface area contributed by atoms with Crippen LogP contribution in [0, 0.1) is 13.8 Å². The van der Waals surface area contributed by atoms with Crippen molar-refractivity contribution in [2.45, 2.75) is 32.6 Å². The van der Waals surface area contributed by atoms with E-state index in [4.69, 9.17) is 0 Å². The lowest BCUT2D eigenvalue weighted by Gasteiger charge is -2.32. The number of piperidine rings is 1. The molecule has 7 heteroatoms. The number of hydrogen-bond donors (Lipinski definition) is 1. The van der Waals surface area contributed by atoms with Gasteiger partial charge in [-0.1, -0.05) is 30.3 Å². The molecule has 1 aliphatic rings. The van der Waals surface area contributed by atoms with Crippen LogP contribution in [-0.2, 0) is 7.05 Å². The Morgan fingerprint density at radius 1 is 0.919 bits per heavy atom. The van der Waals surface area contributed by atoms with Gasteiger partial charge in [0.1, 0.15) is 0 Å². The molecule has 0 unspecified atom stereocenters. The number of aryl methyl sites for hydroxylation is 3. The van der Waals surface area contributed by atoms with E-state index in [9.17, 15) is 9.59 Å². The molecule has 0 aliphatic carbocycles. The fourth-order valence-corrected chi connectivity index (χ4v) is 4.90. The number of nitrogens with one attached hydrogen (secondary N) is 1. The van der Waals surface area contributed by atoms with Gasteiger partial charge < -0.3 is 10.2 Å². The first kappa shape index (κ1) is 24.4. The largest absolute Gasteiger partial charge is 0.339 e. The van der Waals surface area contributed by atoms with E-state index in [1.54, 1.807) is 24.5 Å². The zero-order valence-electron chi connectivity index (χ0n) is 21.4. The standard InChI is InChI=1S/C30H31N5O2/c1-20-10-13-31-18-27(20)29(36)33-28-16-25(5-4-21(28)2)30(37)35-14-11-24(12-15-35)22-6-8-23(9-7-22)26-17-32-34(3)19-26/h4-10,13,16-19,24H,11-12,14-15H2,1-3H3,(H,33,36). The van der Waals surface area contributed by atoms with Crippen LogP contribution in [0.3, 0.4) is 0 Å². The summed E-state index contributed by atoms with van der Waals surface area (Å²) in [6, 6.07) is 16.0. The summed E-state index contributed by atoms with van der Waals surface area (Å²) in [7, 11) is 1.92. The lowest BCUT2D eigenvalue weighted by molar-refractivity contribution is 0.0712. The highest BCUT2D eigenvalue weighted by molar-refractivity contribution is 6.06. The number of amides is 2. The minimum absolute atomic E-state index is 0.00145. The van der Waals surface area contributed by atoms with Gasteiger partial charge in [0.05, 0.1) is 11.8 Å². The number of benzene rings is 2. The van der Waals surface area contributed by atoms with Crippen LogP contribution in [0.1, 0.15) is 56.2 Å². The van der Waals surface area contributed by atoms with Gasteiger partial charge in [0, 0.05) is 55.5 Å². The van der Waals surface area contributed by atoms with Crippen LogP contribution in [-0.4, -0.2) is 44.6 Å². The van der Waals surface area contributed by atoms with Crippen LogP contribution >= 0.6 is 0 Å². The monoisotopic (exact) mass is 493 g/mol. The molecular formula is C30H31N5O2. The van der Waals surface area contributed by atoms with Crippen molar-refractivity contribution >= 4 is 17.5 Å². The SMILES string of the molecule is Cc1ccc(C(=O)N2CCC(c3ccc(-c4cnn(C)c4)cc3)CC2)cc1NC(=O)c1cnccc1C. The van der Waals surface area contributed by atoms with Gasteiger partial charge in [-0.2, -0.15) is 5.10 Å². The average Bonchev–Trinajstić information content (AvgIpc) is 3.36. The number of pyridine rings is 1. The Morgan fingerprint density at radius 2 is 1.68 bits per heavy atom. The zero-order valence-corrected chi connectivity index (χ0v) is 21.4. The van der Waals surface area contributed by atoms with Gasteiger partial charge in [0.25, 0.3) is 11.8 Å². The molecule has 0 atom stereocenters. The maximum Gasteiger partial charge on any atom is 0.257 e. The Bertz CT molecular complexity index is 1430. The second-order valence-corrected chi connectivity index (χ2v) is 9.77. The molecule has 3 heterocycles. The van der Waals surface area contributed by atoms with E-state index < -0.39 is 0 Å². The highest BCUT2D eigenvalue weighted by Gasteiger charge is 2.25. The lowest BCUT2D eigenvalue weighted by atomic mass is 9.88. The second-order valence-electron chi connectivity index (χ2n) is 9.77. The maximum absolute atomic E-state index is 13.3. The molecule has 0 radical (unpaired) electrons. The van der Waals surface area contributed by atoms with Crippen molar-refractivity contribution < 1.29 is 9.59 Å². The number of rotatable bonds is 5. The third kappa shape index (κ3) is 5.31. The van der Waals surface area contributed by atoms with Crippen LogP contribution in [0.2, 0.25) is 0 Å². The van der Waals surface area contributed by atoms with Crippen LogP contribution in [0.15, 0.2) is 73.3 Å². The van der Waals surface area contributed by atoms with Gasteiger partial charge in [-0.05, 0) is 73.1 Å². The smallest absolute Gasteiger partial charge is 0.257 e. The van der Waals surface area contributed by atoms with Crippen LogP contribution < -0.4 is 5.32 Å². The number of likely N-dealkylation sites (tertiary alicyclic amines) is 1. The van der Waals surface area contributed by atoms with Crippen LogP contribution in [0.5, 0.6) is 0 Å². The van der Waals surface area contributed by atoms with Gasteiger partial charge in [-0.25, -0.2) is 0 Å². The number of carbonyl (C=O) groups is 2. The average molecular weight is 494 g/mol. The molecule has 2 aromatic carbocycles. The summed E-state index contributed by atoms with van der Waals surface area (Å²) in [5, 5.41) is 7.21. The van der Waals surface area contributed by atoms with E-state index in [-0.39, 0.29) is 11.8 Å². The Labute approximate surface area is 217 Å². The molecule has 2 aromatic heterocycles. The van der Waals surface area contributed by atoms with Gasteiger partial charge in [0.2, 0.25) is 0 Å². The van der Waals surface area contributed by atoms with E-state index >= 15 is 0 Å². The third-order valence-corrected chi connectivity index (χ3v) is 7.22. The first-order valence-electron chi connectivity index (χ1n) is 12.6. The summed E-state index contributed by atoms with van der Waals surface area (Å²) in [5.41, 5.74) is 7.08. The first-order valence-corrected chi connectivity index (χ1v) is 12.6. The minimum atomic E-state index is -0.228. The summed E-state index contributed by atoms with van der Waals surface area (Å²) in [5.74, 6) is 0.203. The quantitative estimate of drug-likeness (QED) is 0.405. The molecule has 37 heavy (non-hydrogen) atoms. The molecule has 0 bridgehead atoms. The highest BCUT2D eigenvalue weighted by atomic mass is 16.2. The van der Waals surface area contributed by atoms with Gasteiger partial charge in [0.15, 0.2) is 0 Å². The van der Waals surface area contributed by atoms with Crippen molar-refractivity contribution in [3.05, 3.63) is 101 Å². The maximum atomic E-state index is 13.3. The first-order chi connectivity index (χ1) is 17.9. The molecule has 1 aliphatic heterocycles. The summed E-state index contributed by atoms with van der Waals surface area (Å²) < 4.78 is 1.81. The van der Waals surface area contributed by atoms with Gasteiger partial charge in [-0.3, -0.25) is 19.3 Å². The van der Waals surface area contributed by atoms with Crippen LogP contribution in [0.25, 0.3) is 11.1 Å². The molecule has 4 aromatic rings. The predicted molar refractivity (Wildman–Crippen MR) is 145 cm³/mol. The van der Waals surface area contributed by atoms with E-state index in [2.05, 4.69) is 39.7 Å². The topological polar surface area (TPSA) is 80.1 Å². The number of carbonyl (C=O) groups excluding carboxylic acids is 2. The number of hydrogen-bond acceptors (Lipinski definition) is 4. The zero-order chi connectivity index (χ0) is 25.9. The molecule has 188 valence electrons. The molecule has 0 spiro atoms. The normalized spacial score (nSPS) is 14.0. The number of nitrogens with zero attached hydrogens (tertiary/aromatic N) is 4. The Hall–Kier alpha value is -4.26. The second kappa shape index (κ2) is 10.4. The van der Waals surface area contributed by atoms with Gasteiger partial charge in [-0.15, -0.1) is 0 Å². The fraction of sp³-hybridized carbons (Fsp3) is 0.267. The lowest BCUT2D eigenvalue weighted by Crippen LogP contribution is -2.38. The molecule has 1 saturated heterocycles. The number of aromatic nitrogens is 3. The minimum Gasteiger partial charge on any atom is -0.339 e. The van der Waals surface area contributed by atoms with Gasteiger partial charge >= 0.3 is 0 Å². The Kier molecular flexibility index (Phi) is 6.86. The van der Waals surface area contributed by atoms with Crippen LogP contribution in [0.4, 0.5) is 5.69 Å². The predicted octanol–water partition coefficient (Wildman–Crippen LogP) is 5.37. The van der Waals surface area contributed by atoms with E-state index in [1.807, 2.05) is 55.0 Å². The van der Waals surface area contributed by atoms with Crippen molar-refractivity contribution in [2.75, 3.05) is 18.4 Å². The summed E-state index contributed by atoms with van der Waals surface area (Å²) in [4.78, 5) is 32.1. The molecular weight excluding hydrogens is 462 g/mol. The summed E-state index contributed by atoms with van der Waals surface area (Å²) >= 11 is 0. The Balaban J connectivity index is 1.22.